The molecule has 0 atom stereocenters. The standard InChI is InChI=1S/C16H26N2O/c1-6-16(4,5)17-11-15(19)18-14-10-8-7-9-13(14)12(2)3/h7-10,12,17H,6,11H2,1-5H3,(H,18,19). The molecular formula is C16H26N2O. The summed E-state index contributed by atoms with van der Waals surface area (Å²) in [6, 6.07) is 7.97. The van der Waals surface area contributed by atoms with E-state index in [0.29, 0.717) is 12.5 Å². The molecule has 0 saturated heterocycles. The van der Waals surface area contributed by atoms with Gasteiger partial charge in [0.1, 0.15) is 0 Å². The molecule has 0 aromatic heterocycles. The summed E-state index contributed by atoms with van der Waals surface area (Å²) >= 11 is 0. The second kappa shape index (κ2) is 6.71. The Kier molecular flexibility index (Phi) is 5.55. The third kappa shape index (κ3) is 5.03. The fourth-order valence-electron chi connectivity index (χ4n) is 1.75. The molecule has 0 unspecified atom stereocenters. The van der Waals surface area contributed by atoms with Crippen LogP contribution in [0.15, 0.2) is 24.3 Å². The van der Waals surface area contributed by atoms with Crippen LogP contribution in [0.1, 0.15) is 52.5 Å². The van der Waals surface area contributed by atoms with Gasteiger partial charge in [0.2, 0.25) is 5.91 Å². The number of hydrogen-bond acceptors (Lipinski definition) is 2. The highest BCUT2D eigenvalue weighted by Gasteiger charge is 2.16. The normalized spacial score (nSPS) is 11.7. The van der Waals surface area contributed by atoms with E-state index in [9.17, 15) is 4.79 Å². The van der Waals surface area contributed by atoms with Crippen LogP contribution in [0.4, 0.5) is 5.69 Å². The quantitative estimate of drug-likeness (QED) is 0.823. The molecule has 2 N–H and O–H groups in total. The van der Waals surface area contributed by atoms with Gasteiger partial charge >= 0.3 is 0 Å². The van der Waals surface area contributed by atoms with Crippen molar-refractivity contribution in [1.82, 2.24) is 5.32 Å². The summed E-state index contributed by atoms with van der Waals surface area (Å²) in [5.74, 6) is 0.408. The summed E-state index contributed by atoms with van der Waals surface area (Å²) in [5, 5.41) is 6.25. The number of carbonyl (C=O) groups is 1. The summed E-state index contributed by atoms with van der Waals surface area (Å²) < 4.78 is 0. The number of nitrogens with one attached hydrogen (secondary N) is 2. The maximum atomic E-state index is 12.0. The van der Waals surface area contributed by atoms with E-state index in [2.05, 4.69) is 51.3 Å². The lowest BCUT2D eigenvalue weighted by atomic mass is 10.0. The van der Waals surface area contributed by atoms with Crippen LogP contribution in [0.2, 0.25) is 0 Å². The number of rotatable bonds is 6. The molecule has 3 nitrogen and oxygen atoms in total. The number of para-hydroxylation sites is 1. The van der Waals surface area contributed by atoms with Crippen LogP contribution in [0.5, 0.6) is 0 Å². The first-order valence-corrected chi connectivity index (χ1v) is 6.99. The van der Waals surface area contributed by atoms with E-state index in [0.717, 1.165) is 12.1 Å². The topological polar surface area (TPSA) is 41.1 Å². The lowest BCUT2D eigenvalue weighted by Crippen LogP contribution is -2.43. The molecule has 0 aliphatic rings. The largest absolute Gasteiger partial charge is 0.325 e. The van der Waals surface area contributed by atoms with Gasteiger partial charge in [-0.05, 0) is 37.8 Å². The Morgan fingerprint density at radius 2 is 1.89 bits per heavy atom. The van der Waals surface area contributed by atoms with Gasteiger partial charge < -0.3 is 10.6 Å². The maximum absolute atomic E-state index is 12.0. The average Bonchev–Trinajstić information content (AvgIpc) is 2.37. The van der Waals surface area contributed by atoms with E-state index >= 15 is 0 Å². The fraction of sp³-hybridized carbons (Fsp3) is 0.562. The second-order valence-corrected chi connectivity index (χ2v) is 5.88. The summed E-state index contributed by atoms with van der Waals surface area (Å²) in [5.41, 5.74) is 2.08. The Hall–Kier alpha value is -1.35. The fourth-order valence-corrected chi connectivity index (χ4v) is 1.75. The first-order chi connectivity index (χ1) is 8.85. The minimum absolute atomic E-state index is 0.00505. The number of carbonyl (C=O) groups excluding carboxylic acids is 1. The maximum Gasteiger partial charge on any atom is 0.238 e. The lowest BCUT2D eigenvalue weighted by molar-refractivity contribution is -0.115. The van der Waals surface area contributed by atoms with Crippen LogP contribution in [-0.4, -0.2) is 18.0 Å². The summed E-state index contributed by atoms with van der Waals surface area (Å²) in [4.78, 5) is 12.0. The van der Waals surface area contributed by atoms with Crippen LogP contribution in [-0.2, 0) is 4.79 Å². The first kappa shape index (κ1) is 15.7. The van der Waals surface area contributed by atoms with Gasteiger partial charge in [-0.2, -0.15) is 0 Å². The summed E-state index contributed by atoms with van der Waals surface area (Å²) in [6.07, 6.45) is 0.989. The predicted octanol–water partition coefficient (Wildman–Crippen LogP) is 3.53. The van der Waals surface area contributed by atoms with E-state index in [1.165, 1.54) is 5.56 Å². The molecule has 0 heterocycles. The van der Waals surface area contributed by atoms with Crippen LogP contribution in [0.3, 0.4) is 0 Å². The molecule has 1 rings (SSSR count). The average molecular weight is 262 g/mol. The number of benzene rings is 1. The van der Waals surface area contributed by atoms with Gasteiger partial charge in [0.15, 0.2) is 0 Å². The highest BCUT2D eigenvalue weighted by Crippen LogP contribution is 2.23. The first-order valence-electron chi connectivity index (χ1n) is 6.99. The van der Waals surface area contributed by atoms with Crippen molar-refractivity contribution >= 4 is 11.6 Å². The summed E-state index contributed by atoms with van der Waals surface area (Å²) in [6.45, 7) is 10.9. The Morgan fingerprint density at radius 1 is 1.26 bits per heavy atom. The molecule has 0 spiro atoms. The smallest absolute Gasteiger partial charge is 0.238 e. The molecule has 0 fully saturated rings. The van der Waals surface area contributed by atoms with E-state index < -0.39 is 0 Å². The van der Waals surface area contributed by atoms with Crippen LogP contribution in [0, 0.1) is 0 Å². The SMILES string of the molecule is CCC(C)(C)NCC(=O)Nc1ccccc1C(C)C. The van der Waals surface area contributed by atoms with Crippen molar-refractivity contribution in [3.05, 3.63) is 29.8 Å². The van der Waals surface area contributed by atoms with Crippen molar-refractivity contribution in [2.75, 3.05) is 11.9 Å². The molecule has 0 aliphatic heterocycles. The van der Waals surface area contributed by atoms with Crippen molar-refractivity contribution < 1.29 is 4.79 Å². The van der Waals surface area contributed by atoms with Gasteiger partial charge in [-0.1, -0.05) is 39.0 Å². The minimum atomic E-state index is -0.00505. The zero-order chi connectivity index (χ0) is 14.5. The zero-order valence-electron chi connectivity index (χ0n) is 12.7. The van der Waals surface area contributed by atoms with Crippen molar-refractivity contribution in [1.29, 1.82) is 0 Å². The Labute approximate surface area is 116 Å². The van der Waals surface area contributed by atoms with Crippen LogP contribution in [0.25, 0.3) is 0 Å². The van der Waals surface area contributed by atoms with E-state index in [1.54, 1.807) is 0 Å². The third-order valence-corrected chi connectivity index (χ3v) is 3.47. The highest BCUT2D eigenvalue weighted by molar-refractivity contribution is 5.93. The second-order valence-electron chi connectivity index (χ2n) is 5.88. The van der Waals surface area contributed by atoms with Crippen molar-refractivity contribution in [3.8, 4) is 0 Å². The van der Waals surface area contributed by atoms with Gasteiger partial charge in [-0.3, -0.25) is 4.79 Å². The lowest BCUT2D eigenvalue weighted by Gasteiger charge is -2.24. The number of anilines is 1. The molecule has 1 aromatic carbocycles. The molecule has 19 heavy (non-hydrogen) atoms. The van der Waals surface area contributed by atoms with Gasteiger partial charge in [0, 0.05) is 11.2 Å². The van der Waals surface area contributed by atoms with Gasteiger partial charge in [0.05, 0.1) is 6.54 Å². The Bertz CT molecular complexity index is 425. The Morgan fingerprint density at radius 3 is 2.47 bits per heavy atom. The summed E-state index contributed by atoms with van der Waals surface area (Å²) in [7, 11) is 0. The van der Waals surface area contributed by atoms with Crippen LogP contribution < -0.4 is 10.6 Å². The van der Waals surface area contributed by atoms with E-state index in [-0.39, 0.29) is 11.4 Å². The molecule has 3 heteroatoms. The molecule has 0 aliphatic carbocycles. The molecule has 1 aromatic rings. The van der Waals surface area contributed by atoms with E-state index in [1.807, 2.05) is 18.2 Å². The molecule has 0 bridgehead atoms. The van der Waals surface area contributed by atoms with Crippen LogP contribution >= 0.6 is 0 Å². The van der Waals surface area contributed by atoms with Gasteiger partial charge in [0.25, 0.3) is 0 Å². The molecule has 0 saturated carbocycles. The van der Waals surface area contributed by atoms with Crippen molar-refractivity contribution in [2.45, 2.75) is 52.5 Å². The van der Waals surface area contributed by atoms with Gasteiger partial charge in [-0.15, -0.1) is 0 Å². The Balaban J connectivity index is 2.63. The van der Waals surface area contributed by atoms with Crippen molar-refractivity contribution in [2.24, 2.45) is 0 Å². The van der Waals surface area contributed by atoms with Gasteiger partial charge in [-0.25, -0.2) is 0 Å². The minimum Gasteiger partial charge on any atom is -0.325 e. The zero-order valence-corrected chi connectivity index (χ0v) is 12.7. The number of hydrogen-bond donors (Lipinski definition) is 2. The molecule has 1 amide bonds. The predicted molar refractivity (Wildman–Crippen MR) is 81.5 cm³/mol. The molecule has 106 valence electrons. The van der Waals surface area contributed by atoms with E-state index in [4.69, 9.17) is 0 Å². The highest BCUT2D eigenvalue weighted by atomic mass is 16.1. The molecule has 0 radical (unpaired) electrons. The number of amides is 1. The molecular weight excluding hydrogens is 236 g/mol. The third-order valence-electron chi connectivity index (χ3n) is 3.47. The monoisotopic (exact) mass is 262 g/mol. The van der Waals surface area contributed by atoms with Crippen molar-refractivity contribution in [3.63, 3.8) is 0 Å².